The second-order valence-electron chi connectivity index (χ2n) is 4.98. The largest absolute Gasteiger partial charge is 0.496 e. The molecule has 1 aromatic carbocycles. The Labute approximate surface area is 129 Å². The fourth-order valence-electron chi connectivity index (χ4n) is 2.13. The SMILES string of the molecule is COc1ccc(Br)cc1CN(C)C(=O)C(C)CCCN. The lowest BCUT2D eigenvalue weighted by Crippen LogP contribution is -2.31. The summed E-state index contributed by atoms with van der Waals surface area (Å²) in [5, 5.41) is 0. The predicted molar refractivity (Wildman–Crippen MR) is 84.6 cm³/mol. The van der Waals surface area contributed by atoms with E-state index in [2.05, 4.69) is 15.9 Å². The van der Waals surface area contributed by atoms with Crippen LogP contribution in [0, 0.1) is 5.92 Å². The Balaban J connectivity index is 2.72. The molecule has 1 aromatic rings. The first-order valence-electron chi connectivity index (χ1n) is 6.77. The third kappa shape index (κ3) is 4.80. The molecule has 2 N–H and O–H groups in total. The number of methoxy groups -OCH3 is 1. The van der Waals surface area contributed by atoms with Crippen LogP contribution < -0.4 is 10.5 Å². The molecule has 0 aliphatic heterocycles. The molecule has 0 aromatic heterocycles. The Hall–Kier alpha value is -1.07. The normalized spacial score (nSPS) is 12.1. The average Bonchev–Trinajstić information content (AvgIpc) is 2.44. The molecule has 1 atom stereocenters. The molecule has 112 valence electrons. The number of rotatable bonds is 7. The van der Waals surface area contributed by atoms with Gasteiger partial charge in [-0.2, -0.15) is 0 Å². The zero-order valence-electron chi connectivity index (χ0n) is 12.4. The highest BCUT2D eigenvalue weighted by Gasteiger charge is 2.18. The molecular formula is C15H23BrN2O2. The summed E-state index contributed by atoms with van der Waals surface area (Å²) in [5.74, 6) is 0.935. The molecular weight excluding hydrogens is 320 g/mol. The van der Waals surface area contributed by atoms with E-state index in [-0.39, 0.29) is 11.8 Å². The van der Waals surface area contributed by atoms with Gasteiger partial charge in [0.2, 0.25) is 5.91 Å². The third-order valence-corrected chi connectivity index (χ3v) is 3.78. The molecule has 1 unspecified atom stereocenters. The van der Waals surface area contributed by atoms with Crippen molar-refractivity contribution in [2.24, 2.45) is 11.7 Å². The number of benzene rings is 1. The van der Waals surface area contributed by atoms with Crippen molar-refractivity contribution < 1.29 is 9.53 Å². The third-order valence-electron chi connectivity index (χ3n) is 3.29. The van der Waals surface area contributed by atoms with Gasteiger partial charge in [-0.3, -0.25) is 4.79 Å². The molecule has 0 bridgehead atoms. The number of carbonyl (C=O) groups excluding carboxylic acids is 1. The fraction of sp³-hybridized carbons (Fsp3) is 0.533. The van der Waals surface area contributed by atoms with Gasteiger partial charge < -0.3 is 15.4 Å². The van der Waals surface area contributed by atoms with Crippen LogP contribution in [-0.4, -0.2) is 31.5 Å². The van der Waals surface area contributed by atoms with Crippen LogP contribution >= 0.6 is 15.9 Å². The summed E-state index contributed by atoms with van der Waals surface area (Å²) in [6.07, 6.45) is 1.70. The molecule has 0 saturated carbocycles. The van der Waals surface area contributed by atoms with Gasteiger partial charge in [-0.1, -0.05) is 22.9 Å². The maximum atomic E-state index is 12.3. The molecule has 1 amide bonds. The van der Waals surface area contributed by atoms with Gasteiger partial charge >= 0.3 is 0 Å². The van der Waals surface area contributed by atoms with E-state index in [9.17, 15) is 4.79 Å². The van der Waals surface area contributed by atoms with E-state index >= 15 is 0 Å². The minimum atomic E-state index is 0.00157. The van der Waals surface area contributed by atoms with Gasteiger partial charge in [0.05, 0.1) is 7.11 Å². The summed E-state index contributed by atoms with van der Waals surface area (Å²) in [4.78, 5) is 14.0. The summed E-state index contributed by atoms with van der Waals surface area (Å²) in [6.45, 7) is 3.11. The summed E-state index contributed by atoms with van der Waals surface area (Å²) in [6, 6.07) is 5.80. The predicted octanol–water partition coefficient (Wildman–Crippen LogP) is 2.79. The Bertz CT molecular complexity index is 451. The first-order valence-corrected chi connectivity index (χ1v) is 7.56. The zero-order valence-corrected chi connectivity index (χ0v) is 13.9. The maximum Gasteiger partial charge on any atom is 0.225 e. The molecule has 4 nitrogen and oxygen atoms in total. The highest BCUT2D eigenvalue weighted by atomic mass is 79.9. The molecule has 5 heteroatoms. The van der Waals surface area contributed by atoms with E-state index in [4.69, 9.17) is 10.5 Å². The van der Waals surface area contributed by atoms with Gasteiger partial charge in [0.1, 0.15) is 5.75 Å². The number of nitrogens with two attached hydrogens (primary N) is 1. The van der Waals surface area contributed by atoms with Crippen molar-refractivity contribution in [1.82, 2.24) is 4.90 Å². The Morgan fingerprint density at radius 2 is 2.20 bits per heavy atom. The lowest BCUT2D eigenvalue weighted by Gasteiger charge is -2.22. The number of carbonyl (C=O) groups is 1. The van der Waals surface area contributed by atoms with E-state index in [1.54, 1.807) is 12.0 Å². The van der Waals surface area contributed by atoms with Crippen molar-refractivity contribution in [3.05, 3.63) is 28.2 Å². The van der Waals surface area contributed by atoms with Gasteiger partial charge in [-0.05, 0) is 37.6 Å². The number of hydrogen-bond donors (Lipinski definition) is 1. The van der Waals surface area contributed by atoms with Gasteiger partial charge in [0, 0.05) is 29.5 Å². The van der Waals surface area contributed by atoms with Crippen LogP contribution in [0.25, 0.3) is 0 Å². The lowest BCUT2D eigenvalue weighted by molar-refractivity contribution is -0.134. The summed E-state index contributed by atoms with van der Waals surface area (Å²) < 4.78 is 6.31. The van der Waals surface area contributed by atoms with Crippen molar-refractivity contribution in [2.75, 3.05) is 20.7 Å². The van der Waals surface area contributed by atoms with Crippen molar-refractivity contribution in [2.45, 2.75) is 26.3 Å². The van der Waals surface area contributed by atoms with E-state index in [0.717, 1.165) is 28.6 Å². The standard InChI is InChI=1S/C15H23BrN2O2/c1-11(5-4-8-17)15(19)18(2)10-12-9-13(16)6-7-14(12)20-3/h6-7,9,11H,4-5,8,10,17H2,1-3H3. The minimum Gasteiger partial charge on any atom is -0.496 e. The molecule has 0 aliphatic carbocycles. The van der Waals surface area contributed by atoms with Crippen LogP contribution in [0.5, 0.6) is 5.75 Å². The van der Waals surface area contributed by atoms with Crippen LogP contribution in [0.3, 0.4) is 0 Å². The van der Waals surface area contributed by atoms with E-state index in [1.807, 2.05) is 32.2 Å². The summed E-state index contributed by atoms with van der Waals surface area (Å²) in [7, 11) is 3.46. The van der Waals surface area contributed by atoms with E-state index in [0.29, 0.717) is 13.1 Å². The van der Waals surface area contributed by atoms with Gasteiger partial charge in [-0.15, -0.1) is 0 Å². The quantitative estimate of drug-likeness (QED) is 0.828. The summed E-state index contributed by atoms with van der Waals surface area (Å²) >= 11 is 3.44. The molecule has 0 aliphatic rings. The highest BCUT2D eigenvalue weighted by Crippen LogP contribution is 2.24. The molecule has 0 spiro atoms. The molecule has 1 rings (SSSR count). The highest BCUT2D eigenvalue weighted by molar-refractivity contribution is 9.10. The molecule has 0 radical (unpaired) electrons. The van der Waals surface area contributed by atoms with Crippen molar-refractivity contribution in [3.63, 3.8) is 0 Å². The molecule has 0 heterocycles. The van der Waals surface area contributed by atoms with Crippen LogP contribution in [0.15, 0.2) is 22.7 Å². The maximum absolute atomic E-state index is 12.3. The second kappa shape index (κ2) is 8.27. The first-order chi connectivity index (χ1) is 9.49. The van der Waals surface area contributed by atoms with Crippen molar-refractivity contribution in [3.8, 4) is 5.75 Å². The van der Waals surface area contributed by atoms with Crippen molar-refractivity contribution in [1.29, 1.82) is 0 Å². The van der Waals surface area contributed by atoms with Gasteiger partial charge in [-0.25, -0.2) is 0 Å². The van der Waals surface area contributed by atoms with Crippen LogP contribution in [0.2, 0.25) is 0 Å². The number of hydrogen-bond acceptors (Lipinski definition) is 3. The number of amides is 1. The second-order valence-corrected chi connectivity index (χ2v) is 5.90. The Morgan fingerprint density at radius 3 is 2.80 bits per heavy atom. The van der Waals surface area contributed by atoms with Crippen molar-refractivity contribution >= 4 is 21.8 Å². The summed E-state index contributed by atoms with van der Waals surface area (Å²) in [5.41, 5.74) is 6.47. The fourth-order valence-corrected chi connectivity index (χ4v) is 2.54. The van der Waals surface area contributed by atoms with Crippen LogP contribution in [-0.2, 0) is 11.3 Å². The number of nitrogens with zero attached hydrogens (tertiary/aromatic N) is 1. The average molecular weight is 343 g/mol. The Kier molecular flexibility index (Phi) is 7.02. The molecule has 0 fully saturated rings. The minimum absolute atomic E-state index is 0.00157. The first kappa shape index (κ1) is 17.0. The molecule has 20 heavy (non-hydrogen) atoms. The van der Waals surface area contributed by atoms with Crippen LogP contribution in [0.4, 0.5) is 0 Å². The van der Waals surface area contributed by atoms with E-state index < -0.39 is 0 Å². The number of ether oxygens (including phenoxy) is 1. The smallest absolute Gasteiger partial charge is 0.225 e. The Morgan fingerprint density at radius 1 is 1.50 bits per heavy atom. The molecule has 0 saturated heterocycles. The van der Waals surface area contributed by atoms with Gasteiger partial charge in [0.25, 0.3) is 0 Å². The van der Waals surface area contributed by atoms with Crippen LogP contribution in [0.1, 0.15) is 25.3 Å². The topological polar surface area (TPSA) is 55.6 Å². The number of halogens is 1. The zero-order chi connectivity index (χ0) is 15.1. The van der Waals surface area contributed by atoms with E-state index in [1.165, 1.54) is 0 Å². The lowest BCUT2D eigenvalue weighted by atomic mass is 10.0. The van der Waals surface area contributed by atoms with Gasteiger partial charge in [0.15, 0.2) is 0 Å². The monoisotopic (exact) mass is 342 g/mol.